The Bertz CT molecular complexity index is 223. The smallest absolute Gasteiger partial charge is 0.404 e. The zero-order valence-corrected chi connectivity index (χ0v) is 8.89. The van der Waals surface area contributed by atoms with Crippen molar-refractivity contribution in [1.29, 1.82) is 0 Å². The van der Waals surface area contributed by atoms with E-state index in [9.17, 15) is 18.0 Å². The summed E-state index contributed by atoms with van der Waals surface area (Å²) in [6.45, 7) is 4.13. The number of aliphatic carboxylic acids is 1. The monoisotopic (exact) mass is 228 g/mol. The summed E-state index contributed by atoms with van der Waals surface area (Å²) >= 11 is 0. The number of ether oxygens (including phenoxy) is 1. The zero-order chi connectivity index (χ0) is 12.3. The zero-order valence-electron chi connectivity index (χ0n) is 8.89. The van der Waals surface area contributed by atoms with E-state index in [1.54, 1.807) is 20.8 Å². The summed E-state index contributed by atoms with van der Waals surface area (Å²) < 4.78 is 41.5. The fourth-order valence-corrected chi connectivity index (χ4v) is 0.717. The van der Waals surface area contributed by atoms with Crippen LogP contribution < -0.4 is 0 Å². The highest BCUT2D eigenvalue weighted by Crippen LogP contribution is 2.28. The first-order chi connectivity index (χ1) is 6.60. The molecule has 0 aliphatic rings. The van der Waals surface area contributed by atoms with E-state index in [-0.39, 0.29) is 0 Å². The molecule has 1 N–H and O–H groups in total. The molecule has 0 amide bonds. The molecule has 0 bridgehead atoms. The van der Waals surface area contributed by atoms with Crippen molar-refractivity contribution in [1.82, 2.24) is 0 Å². The van der Waals surface area contributed by atoms with Gasteiger partial charge in [0.05, 0.1) is 12.2 Å². The van der Waals surface area contributed by atoms with Crippen LogP contribution >= 0.6 is 0 Å². The van der Waals surface area contributed by atoms with Crippen LogP contribution in [0.3, 0.4) is 0 Å². The van der Waals surface area contributed by atoms with Gasteiger partial charge in [-0.3, -0.25) is 4.79 Å². The summed E-state index contributed by atoms with van der Waals surface area (Å²) in [5.74, 6) is -4.36. The van der Waals surface area contributed by atoms with Crippen molar-refractivity contribution < 1.29 is 27.8 Å². The molecular weight excluding hydrogens is 213 g/mol. The van der Waals surface area contributed by atoms with Gasteiger partial charge in [0, 0.05) is 0 Å². The number of halogens is 3. The van der Waals surface area contributed by atoms with Gasteiger partial charge < -0.3 is 9.84 Å². The second kappa shape index (κ2) is 4.83. The van der Waals surface area contributed by atoms with E-state index >= 15 is 0 Å². The Hall–Kier alpha value is -0.780. The molecule has 0 aromatic heterocycles. The first-order valence-corrected chi connectivity index (χ1v) is 4.53. The first-order valence-electron chi connectivity index (χ1n) is 4.53. The van der Waals surface area contributed by atoms with Crippen LogP contribution in [0.15, 0.2) is 0 Å². The third-order valence-corrected chi connectivity index (χ3v) is 2.19. The SMILES string of the molecule is CCC(C)(C)OCC(C(=O)O)C(F)(F)F. The summed E-state index contributed by atoms with van der Waals surface area (Å²) in [6, 6.07) is 0. The Morgan fingerprint density at radius 3 is 2.13 bits per heavy atom. The van der Waals surface area contributed by atoms with E-state index in [1.165, 1.54) is 0 Å². The highest BCUT2D eigenvalue weighted by molar-refractivity contribution is 5.71. The summed E-state index contributed by atoms with van der Waals surface area (Å²) in [6.07, 6.45) is -4.26. The van der Waals surface area contributed by atoms with Gasteiger partial charge in [0.1, 0.15) is 0 Å². The molecule has 6 heteroatoms. The Kier molecular flexibility index (Phi) is 4.58. The Labute approximate surface area is 86.2 Å². The lowest BCUT2D eigenvalue weighted by Crippen LogP contribution is -2.37. The van der Waals surface area contributed by atoms with Gasteiger partial charge in [-0.05, 0) is 20.3 Å². The lowest BCUT2D eigenvalue weighted by molar-refractivity contribution is -0.209. The lowest BCUT2D eigenvalue weighted by Gasteiger charge is -2.26. The number of carbonyl (C=O) groups is 1. The van der Waals surface area contributed by atoms with E-state index < -0.39 is 30.3 Å². The maximum Gasteiger partial charge on any atom is 0.404 e. The van der Waals surface area contributed by atoms with Crippen LogP contribution in [0.2, 0.25) is 0 Å². The van der Waals surface area contributed by atoms with Gasteiger partial charge in [0.2, 0.25) is 0 Å². The highest BCUT2D eigenvalue weighted by atomic mass is 19.4. The molecule has 90 valence electrons. The van der Waals surface area contributed by atoms with Crippen LogP contribution in [0, 0.1) is 5.92 Å². The summed E-state index contributed by atoms with van der Waals surface area (Å²) in [5.41, 5.74) is -0.737. The highest BCUT2D eigenvalue weighted by Gasteiger charge is 2.45. The lowest BCUT2D eigenvalue weighted by atomic mass is 10.1. The maximum atomic E-state index is 12.2. The van der Waals surface area contributed by atoms with Crippen molar-refractivity contribution in [3.05, 3.63) is 0 Å². The molecule has 0 rings (SSSR count). The molecule has 0 aromatic carbocycles. The van der Waals surface area contributed by atoms with Gasteiger partial charge in [-0.25, -0.2) is 0 Å². The average Bonchev–Trinajstić information content (AvgIpc) is 2.01. The molecule has 0 spiro atoms. The number of hydrogen-bond acceptors (Lipinski definition) is 2. The molecular formula is C9H15F3O3. The van der Waals surface area contributed by atoms with Crippen molar-refractivity contribution in [2.24, 2.45) is 5.92 Å². The first kappa shape index (κ1) is 14.2. The van der Waals surface area contributed by atoms with Gasteiger partial charge in [0.25, 0.3) is 0 Å². The van der Waals surface area contributed by atoms with E-state index in [4.69, 9.17) is 9.84 Å². The van der Waals surface area contributed by atoms with Crippen molar-refractivity contribution >= 4 is 5.97 Å². The second-order valence-corrected chi connectivity index (χ2v) is 3.86. The van der Waals surface area contributed by atoms with Crippen molar-refractivity contribution in [3.63, 3.8) is 0 Å². The van der Waals surface area contributed by atoms with Crippen LogP contribution in [0.4, 0.5) is 13.2 Å². The van der Waals surface area contributed by atoms with Crippen molar-refractivity contribution in [2.45, 2.75) is 39.0 Å². The van der Waals surface area contributed by atoms with Crippen LogP contribution in [-0.4, -0.2) is 29.5 Å². The molecule has 0 radical (unpaired) electrons. The molecule has 0 aliphatic carbocycles. The third kappa shape index (κ3) is 5.01. The van der Waals surface area contributed by atoms with Gasteiger partial charge in [-0.2, -0.15) is 13.2 Å². The number of alkyl halides is 3. The minimum absolute atomic E-state index is 0.511. The van der Waals surface area contributed by atoms with E-state index in [0.717, 1.165) is 0 Å². The summed E-state index contributed by atoms with van der Waals surface area (Å²) in [7, 11) is 0. The Morgan fingerprint density at radius 2 is 1.87 bits per heavy atom. The van der Waals surface area contributed by atoms with Crippen molar-refractivity contribution in [3.8, 4) is 0 Å². The molecule has 0 heterocycles. The molecule has 0 saturated heterocycles. The molecule has 0 saturated carbocycles. The predicted molar refractivity (Wildman–Crippen MR) is 47.5 cm³/mol. The molecule has 1 atom stereocenters. The largest absolute Gasteiger partial charge is 0.481 e. The van der Waals surface area contributed by atoms with Gasteiger partial charge in [-0.1, -0.05) is 6.92 Å². The van der Waals surface area contributed by atoms with E-state index in [0.29, 0.717) is 6.42 Å². The van der Waals surface area contributed by atoms with E-state index in [1.807, 2.05) is 0 Å². The van der Waals surface area contributed by atoms with Crippen LogP contribution in [0.5, 0.6) is 0 Å². The fraction of sp³-hybridized carbons (Fsp3) is 0.889. The maximum absolute atomic E-state index is 12.2. The van der Waals surface area contributed by atoms with Gasteiger partial charge >= 0.3 is 12.1 Å². The normalized spacial score (nSPS) is 15.1. The van der Waals surface area contributed by atoms with Gasteiger partial charge in [0.15, 0.2) is 5.92 Å². The standard InChI is InChI=1S/C9H15F3O3/c1-4-8(2,3)15-5-6(7(13)14)9(10,11)12/h6H,4-5H2,1-3H3,(H,13,14). The molecule has 0 aliphatic heterocycles. The molecule has 3 nitrogen and oxygen atoms in total. The quantitative estimate of drug-likeness (QED) is 0.786. The molecule has 1 unspecified atom stereocenters. The minimum atomic E-state index is -4.77. The number of carboxylic acids is 1. The number of hydrogen-bond donors (Lipinski definition) is 1. The van der Waals surface area contributed by atoms with Crippen LogP contribution in [0.1, 0.15) is 27.2 Å². The Morgan fingerprint density at radius 1 is 1.40 bits per heavy atom. The summed E-state index contributed by atoms with van der Waals surface area (Å²) in [4.78, 5) is 10.4. The average molecular weight is 228 g/mol. The number of carboxylic acid groups (broad SMARTS) is 1. The number of rotatable bonds is 5. The van der Waals surface area contributed by atoms with Gasteiger partial charge in [-0.15, -0.1) is 0 Å². The summed E-state index contributed by atoms with van der Waals surface area (Å²) in [5, 5.41) is 8.38. The fourth-order valence-electron chi connectivity index (χ4n) is 0.717. The van der Waals surface area contributed by atoms with Crippen molar-refractivity contribution in [2.75, 3.05) is 6.61 Å². The Balaban J connectivity index is 4.40. The second-order valence-electron chi connectivity index (χ2n) is 3.86. The molecule has 15 heavy (non-hydrogen) atoms. The molecule has 0 fully saturated rings. The molecule has 0 aromatic rings. The van der Waals surface area contributed by atoms with E-state index in [2.05, 4.69) is 0 Å². The van der Waals surface area contributed by atoms with Crippen LogP contribution in [0.25, 0.3) is 0 Å². The minimum Gasteiger partial charge on any atom is -0.481 e. The topological polar surface area (TPSA) is 46.5 Å². The van der Waals surface area contributed by atoms with Crippen LogP contribution in [-0.2, 0) is 9.53 Å². The predicted octanol–water partition coefficient (Wildman–Crippen LogP) is 2.45. The third-order valence-electron chi connectivity index (χ3n) is 2.19.